The lowest BCUT2D eigenvalue weighted by Crippen LogP contribution is -2.38. The average Bonchev–Trinajstić information content (AvgIpc) is 2.36. The molecule has 1 aromatic carbocycles. The first-order valence-electron chi connectivity index (χ1n) is 6.17. The van der Waals surface area contributed by atoms with E-state index in [4.69, 9.17) is 10.5 Å². The van der Waals surface area contributed by atoms with E-state index in [1.807, 2.05) is 30.3 Å². The minimum atomic E-state index is 0.0000475. The van der Waals surface area contributed by atoms with Crippen LogP contribution in [-0.4, -0.2) is 12.1 Å². The van der Waals surface area contributed by atoms with Crippen molar-refractivity contribution in [1.82, 2.24) is 0 Å². The molecule has 0 saturated carbocycles. The van der Waals surface area contributed by atoms with Crippen molar-refractivity contribution in [2.24, 2.45) is 5.73 Å². The lowest BCUT2D eigenvalue weighted by atomic mass is 9.89. The Morgan fingerprint density at radius 1 is 1.12 bits per heavy atom. The molecule has 0 fully saturated rings. The molecular formula is C14H23NO. The second-order valence-corrected chi connectivity index (χ2v) is 4.33. The monoisotopic (exact) mass is 221 g/mol. The summed E-state index contributed by atoms with van der Waals surface area (Å²) in [5.41, 5.74) is 6.22. The average molecular weight is 221 g/mol. The molecule has 0 aliphatic heterocycles. The molecule has 0 aromatic heterocycles. The summed E-state index contributed by atoms with van der Waals surface area (Å²) in [6.07, 6.45) is 4.13. The standard InChI is InChI=1S/C14H23NO/c1-3-14(15,4-2)11-8-12-16-13-9-6-5-7-10-13/h5-7,9-10H,3-4,8,11-12,15H2,1-2H3. The highest BCUT2D eigenvalue weighted by molar-refractivity contribution is 5.20. The van der Waals surface area contributed by atoms with Crippen molar-refractivity contribution in [3.63, 3.8) is 0 Å². The predicted molar refractivity (Wildman–Crippen MR) is 68.7 cm³/mol. The van der Waals surface area contributed by atoms with E-state index in [9.17, 15) is 0 Å². The van der Waals surface area contributed by atoms with Crippen LogP contribution in [-0.2, 0) is 0 Å². The minimum absolute atomic E-state index is 0.0000475. The maximum absolute atomic E-state index is 6.22. The van der Waals surface area contributed by atoms with Crippen LogP contribution in [0.25, 0.3) is 0 Å². The summed E-state index contributed by atoms with van der Waals surface area (Å²) in [4.78, 5) is 0. The van der Waals surface area contributed by atoms with Gasteiger partial charge in [0.05, 0.1) is 6.61 Å². The maximum atomic E-state index is 6.22. The van der Waals surface area contributed by atoms with Gasteiger partial charge in [0.15, 0.2) is 0 Å². The van der Waals surface area contributed by atoms with Crippen LogP contribution in [0.3, 0.4) is 0 Å². The van der Waals surface area contributed by atoms with Gasteiger partial charge in [0.2, 0.25) is 0 Å². The Morgan fingerprint density at radius 2 is 1.75 bits per heavy atom. The lowest BCUT2D eigenvalue weighted by molar-refractivity contribution is 0.271. The molecule has 0 atom stereocenters. The van der Waals surface area contributed by atoms with Crippen LogP contribution >= 0.6 is 0 Å². The first kappa shape index (κ1) is 13.0. The Kier molecular flexibility index (Phi) is 5.33. The maximum Gasteiger partial charge on any atom is 0.119 e. The van der Waals surface area contributed by atoms with E-state index >= 15 is 0 Å². The van der Waals surface area contributed by atoms with Gasteiger partial charge in [-0.05, 0) is 37.8 Å². The number of benzene rings is 1. The molecular weight excluding hydrogens is 198 g/mol. The molecule has 0 heterocycles. The van der Waals surface area contributed by atoms with Gasteiger partial charge < -0.3 is 10.5 Å². The van der Waals surface area contributed by atoms with E-state index in [1.165, 1.54) is 0 Å². The van der Waals surface area contributed by atoms with Crippen LogP contribution in [0.4, 0.5) is 0 Å². The zero-order valence-electron chi connectivity index (χ0n) is 10.4. The Labute approximate surface area is 98.8 Å². The fourth-order valence-corrected chi connectivity index (χ4v) is 1.73. The molecule has 0 saturated heterocycles. The first-order valence-corrected chi connectivity index (χ1v) is 6.17. The van der Waals surface area contributed by atoms with Gasteiger partial charge in [-0.3, -0.25) is 0 Å². The van der Waals surface area contributed by atoms with Crippen LogP contribution < -0.4 is 10.5 Å². The Bertz CT molecular complexity index is 280. The Hall–Kier alpha value is -1.02. The number of ether oxygens (including phenoxy) is 1. The summed E-state index contributed by atoms with van der Waals surface area (Å²) in [5, 5.41) is 0. The highest BCUT2D eigenvalue weighted by Gasteiger charge is 2.19. The molecule has 1 aromatic rings. The molecule has 0 radical (unpaired) electrons. The predicted octanol–water partition coefficient (Wildman–Crippen LogP) is 3.36. The van der Waals surface area contributed by atoms with Gasteiger partial charge in [0.25, 0.3) is 0 Å². The molecule has 2 N–H and O–H groups in total. The molecule has 1 rings (SSSR count). The van der Waals surface area contributed by atoms with Crippen LogP contribution in [0.2, 0.25) is 0 Å². The summed E-state index contributed by atoms with van der Waals surface area (Å²) in [7, 11) is 0. The molecule has 0 unspecified atom stereocenters. The first-order chi connectivity index (χ1) is 7.70. The smallest absolute Gasteiger partial charge is 0.119 e. The zero-order valence-corrected chi connectivity index (χ0v) is 10.4. The van der Waals surface area contributed by atoms with Gasteiger partial charge in [-0.15, -0.1) is 0 Å². The van der Waals surface area contributed by atoms with Crippen molar-refractivity contribution in [2.45, 2.75) is 45.1 Å². The van der Waals surface area contributed by atoms with Crippen LogP contribution in [0.5, 0.6) is 5.75 Å². The van der Waals surface area contributed by atoms with Crippen molar-refractivity contribution >= 4 is 0 Å². The molecule has 0 bridgehead atoms. The van der Waals surface area contributed by atoms with Crippen molar-refractivity contribution < 1.29 is 4.74 Å². The number of hydrogen-bond acceptors (Lipinski definition) is 2. The van der Waals surface area contributed by atoms with Crippen LogP contribution in [0.15, 0.2) is 30.3 Å². The highest BCUT2D eigenvalue weighted by Crippen LogP contribution is 2.18. The van der Waals surface area contributed by atoms with E-state index in [2.05, 4.69) is 13.8 Å². The Balaban J connectivity index is 2.22. The van der Waals surface area contributed by atoms with Crippen LogP contribution in [0, 0.1) is 0 Å². The SMILES string of the molecule is CCC(N)(CC)CCCOc1ccccc1. The van der Waals surface area contributed by atoms with Crippen molar-refractivity contribution in [3.8, 4) is 5.75 Å². The van der Waals surface area contributed by atoms with E-state index < -0.39 is 0 Å². The molecule has 2 heteroatoms. The topological polar surface area (TPSA) is 35.2 Å². The number of hydrogen-bond donors (Lipinski definition) is 1. The number of para-hydroxylation sites is 1. The normalized spacial score (nSPS) is 11.4. The third-order valence-electron chi connectivity index (χ3n) is 3.24. The van der Waals surface area contributed by atoms with Gasteiger partial charge in [-0.1, -0.05) is 32.0 Å². The van der Waals surface area contributed by atoms with Crippen molar-refractivity contribution in [1.29, 1.82) is 0 Å². The summed E-state index contributed by atoms with van der Waals surface area (Å²) < 4.78 is 5.63. The highest BCUT2D eigenvalue weighted by atomic mass is 16.5. The largest absolute Gasteiger partial charge is 0.494 e. The zero-order chi connectivity index (χ0) is 11.9. The Morgan fingerprint density at radius 3 is 2.31 bits per heavy atom. The van der Waals surface area contributed by atoms with E-state index in [1.54, 1.807) is 0 Å². The van der Waals surface area contributed by atoms with Crippen molar-refractivity contribution in [2.75, 3.05) is 6.61 Å². The summed E-state index contributed by atoms with van der Waals surface area (Å²) in [6, 6.07) is 9.93. The van der Waals surface area contributed by atoms with Gasteiger partial charge in [-0.25, -0.2) is 0 Å². The van der Waals surface area contributed by atoms with Gasteiger partial charge in [0, 0.05) is 5.54 Å². The number of nitrogens with two attached hydrogens (primary N) is 1. The fraction of sp³-hybridized carbons (Fsp3) is 0.571. The summed E-state index contributed by atoms with van der Waals surface area (Å²) in [6.45, 7) is 5.06. The molecule has 16 heavy (non-hydrogen) atoms. The van der Waals surface area contributed by atoms with Gasteiger partial charge in [0.1, 0.15) is 5.75 Å². The fourth-order valence-electron chi connectivity index (χ4n) is 1.73. The van der Waals surface area contributed by atoms with Gasteiger partial charge in [-0.2, -0.15) is 0 Å². The van der Waals surface area contributed by atoms with Crippen molar-refractivity contribution in [3.05, 3.63) is 30.3 Å². The molecule has 0 aliphatic carbocycles. The van der Waals surface area contributed by atoms with E-state index in [0.717, 1.165) is 38.0 Å². The molecule has 2 nitrogen and oxygen atoms in total. The molecule has 0 aliphatic rings. The quantitative estimate of drug-likeness (QED) is 0.716. The second kappa shape index (κ2) is 6.54. The minimum Gasteiger partial charge on any atom is -0.494 e. The van der Waals surface area contributed by atoms with Crippen LogP contribution in [0.1, 0.15) is 39.5 Å². The molecule has 0 spiro atoms. The third kappa shape index (κ3) is 4.23. The molecule has 0 amide bonds. The molecule has 90 valence electrons. The second-order valence-electron chi connectivity index (χ2n) is 4.33. The number of rotatable bonds is 7. The summed E-state index contributed by atoms with van der Waals surface area (Å²) >= 11 is 0. The third-order valence-corrected chi connectivity index (χ3v) is 3.24. The van der Waals surface area contributed by atoms with E-state index in [0.29, 0.717) is 0 Å². The van der Waals surface area contributed by atoms with E-state index in [-0.39, 0.29) is 5.54 Å². The lowest BCUT2D eigenvalue weighted by Gasteiger charge is -2.26. The van der Waals surface area contributed by atoms with Gasteiger partial charge >= 0.3 is 0 Å². The summed E-state index contributed by atoms with van der Waals surface area (Å²) in [5.74, 6) is 0.943.